The first-order valence-electron chi connectivity index (χ1n) is 4.55. The number of likely N-dealkylation sites (N-methyl/N-ethyl adjacent to an activating group) is 1. The molecule has 1 aromatic heterocycles. The van der Waals surface area contributed by atoms with Gasteiger partial charge in [-0.1, -0.05) is 6.07 Å². The normalized spacial score (nSPS) is 20.8. The minimum Gasteiger partial charge on any atom is -0.322 e. The zero-order chi connectivity index (χ0) is 9.97. The predicted octanol–water partition coefficient (Wildman–Crippen LogP) is 2.69. The summed E-state index contributed by atoms with van der Waals surface area (Å²) in [6.07, 6.45) is 1.03. The van der Waals surface area contributed by atoms with Crippen LogP contribution in [0.15, 0.2) is 27.7 Å². The Morgan fingerprint density at radius 3 is 3.14 bits per heavy atom. The summed E-state index contributed by atoms with van der Waals surface area (Å²) in [5, 5.41) is 10.8. The molecule has 1 atom stereocenters. The van der Waals surface area contributed by atoms with E-state index in [1.54, 1.807) is 11.3 Å². The maximum atomic E-state index is 5.08. The number of hydrogen-bond donors (Lipinski definition) is 0. The van der Waals surface area contributed by atoms with Crippen LogP contribution in [0.1, 0.15) is 11.8 Å². The van der Waals surface area contributed by atoms with Gasteiger partial charge in [-0.25, -0.2) is 0 Å². The van der Waals surface area contributed by atoms with Crippen molar-refractivity contribution in [3.05, 3.63) is 22.4 Å². The highest BCUT2D eigenvalue weighted by Gasteiger charge is 2.24. The van der Waals surface area contributed by atoms with Gasteiger partial charge in [-0.3, -0.25) is 0 Å². The fourth-order valence-electron chi connectivity index (χ4n) is 1.47. The summed E-state index contributed by atoms with van der Waals surface area (Å²) in [7, 11) is 0. The summed E-state index contributed by atoms with van der Waals surface area (Å²) in [6, 6.07) is 4.18. The Kier molecular flexibility index (Phi) is 2.88. The quantitative estimate of drug-likeness (QED) is 0.740. The Morgan fingerprint density at radius 1 is 1.64 bits per heavy atom. The molecule has 0 aliphatic carbocycles. The fourth-order valence-corrected chi connectivity index (χ4v) is 2.50. The van der Waals surface area contributed by atoms with Gasteiger partial charge >= 0.3 is 0 Å². The average molecular weight is 225 g/mol. The SMILES string of the molecule is CCN1C(=S)N=NC1Cc1cccs1. The van der Waals surface area contributed by atoms with Gasteiger partial charge in [0.15, 0.2) is 0 Å². The largest absolute Gasteiger partial charge is 0.322 e. The van der Waals surface area contributed by atoms with Crippen LogP contribution in [0, 0.1) is 0 Å². The van der Waals surface area contributed by atoms with E-state index in [1.165, 1.54) is 4.88 Å². The molecule has 0 spiro atoms. The molecule has 0 N–H and O–H groups in total. The molecule has 0 amide bonds. The first kappa shape index (κ1) is 9.73. The summed E-state index contributed by atoms with van der Waals surface area (Å²) in [5.41, 5.74) is 0. The van der Waals surface area contributed by atoms with Crippen LogP contribution in [0.4, 0.5) is 0 Å². The molecule has 0 saturated heterocycles. The van der Waals surface area contributed by atoms with E-state index in [0.717, 1.165) is 13.0 Å². The zero-order valence-electron chi connectivity index (χ0n) is 7.88. The van der Waals surface area contributed by atoms with Gasteiger partial charge in [-0.2, -0.15) is 5.11 Å². The van der Waals surface area contributed by atoms with Crippen LogP contribution < -0.4 is 0 Å². The number of azo groups is 1. The van der Waals surface area contributed by atoms with Crippen LogP contribution in [0.25, 0.3) is 0 Å². The summed E-state index contributed by atoms with van der Waals surface area (Å²) < 4.78 is 0. The number of nitrogens with zero attached hydrogens (tertiary/aromatic N) is 3. The van der Waals surface area contributed by atoms with Crippen molar-refractivity contribution in [3.63, 3.8) is 0 Å². The summed E-state index contributed by atoms with van der Waals surface area (Å²) >= 11 is 6.83. The Morgan fingerprint density at radius 2 is 2.50 bits per heavy atom. The third kappa shape index (κ3) is 1.83. The molecule has 0 aromatic carbocycles. The molecular weight excluding hydrogens is 214 g/mol. The molecular formula is C9H11N3S2. The molecule has 0 fully saturated rings. The minimum absolute atomic E-state index is 0.117. The average Bonchev–Trinajstić information content (AvgIpc) is 2.77. The number of hydrogen-bond acceptors (Lipinski definition) is 3. The third-order valence-electron chi connectivity index (χ3n) is 2.19. The van der Waals surface area contributed by atoms with Gasteiger partial charge in [-0.15, -0.1) is 16.5 Å². The molecule has 14 heavy (non-hydrogen) atoms. The van der Waals surface area contributed by atoms with Gasteiger partial charge in [-0.05, 0) is 30.6 Å². The lowest BCUT2D eigenvalue weighted by Crippen LogP contribution is -2.33. The van der Waals surface area contributed by atoms with E-state index >= 15 is 0 Å². The van der Waals surface area contributed by atoms with E-state index in [-0.39, 0.29) is 6.17 Å². The van der Waals surface area contributed by atoms with Crippen LogP contribution >= 0.6 is 23.6 Å². The van der Waals surface area contributed by atoms with Crippen molar-refractivity contribution in [2.24, 2.45) is 10.2 Å². The number of thiophene rings is 1. The number of rotatable bonds is 3. The van der Waals surface area contributed by atoms with Gasteiger partial charge in [0.05, 0.1) is 0 Å². The molecule has 2 rings (SSSR count). The van der Waals surface area contributed by atoms with Crippen molar-refractivity contribution in [1.82, 2.24) is 4.90 Å². The van der Waals surface area contributed by atoms with Crippen molar-refractivity contribution >= 4 is 28.7 Å². The lowest BCUT2D eigenvalue weighted by atomic mass is 10.3. The van der Waals surface area contributed by atoms with Crippen LogP contribution in [0.5, 0.6) is 0 Å². The summed E-state index contributed by atoms with van der Waals surface area (Å²) in [6.45, 7) is 2.95. The van der Waals surface area contributed by atoms with Crippen molar-refractivity contribution in [3.8, 4) is 0 Å². The molecule has 2 heterocycles. The Balaban J connectivity index is 2.05. The van der Waals surface area contributed by atoms with E-state index < -0.39 is 0 Å². The highest BCUT2D eigenvalue weighted by Crippen LogP contribution is 2.20. The molecule has 1 aliphatic rings. The van der Waals surface area contributed by atoms with Crippen molar-refractivity contribution in [2.45, 2.75) is 19.5 Å². The van der Waals surface area contributed by atoms with Gasteiger partial charge in [0.2, 0.25) is 5.11 Å². The molecule has 5 heteroatoms. The monoisotopic (exact) mass is 225 g/mol. The van der Waals surface area contributed by atoms with Gasteiger partial charge < -0.3 is 4.90 Å². The standard InChI is InChI=1S/C9H11N3S2/c1-2-12-8(10-11-9(12)13)6-7-4-3-5-14-7/h3-5,8H,2,6H2,1H3. The first-order valence-corrected chi connectivity index (χ1v) is 5.84. The van der Waals surface area contributed by atoms with Gasteiger partial charge in [0.25, 0.3) is 0 Å². The molecule has 0 bridgehead atoms. The summed E-state index contributed by atoms with van der Waals surface area (Å²) in [5.74, 6) is 0. The van der Waals surface area contributed by atoms with Crippen molar-refractivity contribution in [1.29, 1.82) is 0 Å². The number of thiocarbonyl (C=S) groups is 1. The Bertz CT molecular complexity index is 345. The third-order valence-corrected chi connectivity index (χ3v) is 3.40. The molecule has 3 nitrogen and oxygen atoms in total. The molecule has 74 valence electrons. The molecule has 1 unspecified atom stereocenters. The maximum absolute atomic E-state index is 5.08. The second kappa shape index (κ2) is 4.14. The second-order valence-electron chi connectivity index (χ2n) is 3.05. The van der Waals surface area contributed by atoms with E-state index in [0.29, 0.717) is 5.11 Å². The van der Waals surface area contributed by atoms with E-state index in [9.17, 15) is 0 Å². The first-order chi connectivity index (χ1) is 6.81. The summed E-state index contributed by atoms with van der Waals surface area (Å²) in [4.78, 5) is 3.38. The highest BCUT2D eigenvalue weighted by atomic mass is 32.1. The molecule has 1 aromatic rings. The Labute approximate surface area is 92.5 Å². The van der Waals surface area contributed by atoms with Gasteiger partial charge in [0, 0.05) is 17.8 Å². The molecule has 0 saturated carbocycles. The lowest BCUT2D eigenvalue weighted by Gasteiger charge is -2.20. The van der Waals surface area contributed by atoms with Crippen LogP contribution in [-0.4, -0.2) is 22.7 Å². The van der Waals surface area contributed by atoms with Crippen molar-refractivity contribution < 1.29 is 0 Å². The van der Waals surface area contributed by atoms with Crippen LogP contribution in [0.2, 0.25) is 0 Å². The van der Waals surface area contributed by atoms with Crippen LogP contribution in [0.3, 0.4) is 0 Å². The van der Waals surface area contributed by atoms with E-state index in [4.69, 9.17) is 12.2 Å². The van der Waals surface area contributed by atoms with Crippen LogP contribution in [-0.2, 0) is 6.42 Å². The van der Waals surface area contributed by atoms with E-state index in [1.807, 2.05) is 0 Å². The minimum atomic E-state index is 0.117. The molecule has 1 aliphatic heterocycles. The van der Waals surface area contributed by atoms with Crippen molar-refractivity contribution in [2.75, 3.05) is 6.54 Å². The lowest BCUT2D eigenvalue weighted by molar-refractivity contribution is 0.354. The van der Waals surface area contributed by atoms with Gasteiger partial charge in [0.1, 0.15) is 6.17 Å². The second-order valence-corrected chi connectivity index (χ2v) is 4.45. The fraction of sp³-hybridized carbons (Fsp3) is 0.444. The predicted molar refractivity (Wildman–Crippen MR) is 61.6 cm³/mol. The highest BCUT2D eigenvalue weighted by molar-refractivity contribution is 7.80. The zero-order valence-corrected chi connectivity index (χ0v) is 9.51. The molecule has 0 radical (unpaired) electrons. The maximum Gasteiger partial charge on any atom is 0.217 e. The van der Waals surface area contributed by atoms with E-state index in [2.05, 4.69) is 39.6 Å². The smallest absolute Gasteiger partial charge is 0.217 e. The Hall–Kier alpha value is -0.810. The topological polar surface area (TPSA) is 28.0 Å².